The Morgan fingerprint density at radius 2 is 1.66 bits per heavy atom. The highest BCUT2D eigenvalue weighted by Gasteiger charge is 2.22. The standard InChI is InChI=1S/C22H31N3O3S/c1-6-25(7-2)29(27,28)21-13-11-19(12-14-21)17(4)23-18(5)22(26)24-20-10-8-9-16(3)15-20/h8-15,17-18,23H,6-7H2,1-5H3,(H,24,26). The summed E-state index contributed by atoms with van der Waals surface area (Å²) in [5.41, 5.74) is 2.76. The predicted octanol–water partition coefficient (Wildman–Crippen LogP) is 3.70. The van der Waals surface area contributed by atoms with Crippen LogP contribution >= 0.6 is 0 Å². The van der Waals surface area contributed by atoms with Crippen LogP contribution in [0.2, 0.25) is 0 Å². The molecule has 2 rings (SSSR count). The molecule has 158 valence electrons. The SMILES string of the molecule is CCN(CC)S(=O)(=O)c1ccc(C(C)NC(C)C(=O)Nc2cccc(C)c2)cc1. The Morgan fingerprint density at radius 3 is 2.21 bits per heavy atom. The number of hydrogen-bond donors (Lipinski definition) is 2. The van der Waals surface area contributed by atoms with E-state index in [1.165, 1.54) is 4.31 Å². The number of nitrogens with zero attached hydrogens (tertiary/aromatic N) is 1. The van der Waals surface area contributed by atoms with Gasteiger partial charge in [0.2, 0.25) is 15.9 Å². The van der Waals surface area contributed by atoms with Crippen LogP contribution in [0.1, 0.15) is 44.9 Å². The summed E-state index contributed by atoms with van der Waals surface area (Å²) in [5.74, 6) is -0.122. The minimum Gasteiger partial charge on any atom is -0.325 e. The zero-order chi connectivity index (χ0) is 21.6. The maximum atomic E-state index is 12.6. The van der Waals surface area contributed by atoms with E-state index in [0.717, 1.165) is 16.8 Å². The Labute approximate surface area is 174 Å². The highest BCUT2D eigenvalue weighted by atomic mass is 32.2. The van der Waals surface area contributed by atoms with Crippen LogP contribution in [0.15, 0.2) is 53.4 Å². The highest BCUT2D eigenvalue weighted by Crippen LogP contribution is 2.20. The number of amides is 1. The van der Waals surface area contributed by atoms with Crippen molar-refractivity contribution in [2.45, 2.75) is 51.6 Å². The van der Waals surface area contributed by atoms with Gasteiger partial charge in [0.1, 0.15) is 0 Å². The average molecular weight is 418 g/mol. The van der Waals surface area contributed by atoms with Crippen LogP contribution in [0.5, 0.6) is 0 Å². The van der Waals surface area contributed by atoms with Crippen LogP contribution in [0.25, 0.3) is 0 Å². The summed E-state index contributed by atoms with van der Waals surface area (Å²) in [4.78, 5) is 12.7. The minimum absolute atomic E-state index is 0.113. The highest BCUT2D eigenvalue weighted by molar-refractivity contribution is 7.89. The van der Waals surface area contributed by atoms with Crippen LogP contribution in [0.3, 0.4) is 0 Å². The second kappa shape index (κ2) is 10.0. The van der Waals surface area contributed by atoms with Crippen LogP contribution < -0.4 is 10.6 Å². The van der Waals surface area contributed by atoms with Gasteiger partial charge in [0.15, 0.2) is 0 Å². The van der Waals surface area contributed by atoms with Crippen molar-refractivity contribution < 1.29 is 13.2 Å². The third kappa shape index (κ3) is 5.88. The van der Waals surface area contributed by atoms with Crippen molar-refractivity contribution in [1.29, 1.82) is 0 Å². The first kappa shape index (κ1) is 23.1. The van der Waals surface area contributed by atoms with Crippen LogP contribution in [0.4, 0.5) is 5.69 Å². The number of anilines is 1. The van der Waals surface area contributed by atoms with Gasteiger partial charge in [-0.3, -0.25) is 10.1 Å². The van der Waals surface area contributed by atoms with Gasteiger partial charge in [-0.2, -0.15) is 4.31 Å². The molecule has 0 aliphatic heterocycles. The van der Waals surface area contributed by atoms with Crippen molar-refractivity contribution in [3.05, 3.63) is 59.7 Å². The predicted molar refractivity (Wildman–Crippen MR) is 117 cm³/mol. The van der Waals surface area contributed by atoms with Gasteiger partial charge in [0.25, 0.3) is 0 Å². The number of benzene rings is 2. The van der Waals surface area contributed by atoms with Gasteiger partial charge in [0.05, 0.1) is 10.9 Å². The number of sulfonamides is 1. The first-order chi connectivity index (χ1) is 13.7. The number of rotatable bonds is 9. The molecule has 0 saturated heterocycles. The molecular weight excluding hydrogens is 386 g/mol. The van der Waals surface area contributed by atoms with Crippen molar-refractivity contribution in [2.24, 2.45) is 0 Å². The molecule has 0 saturated carbocycles. The summed E-state index contributed by atoms with van der Waals surface area (Å²) in [6.45, 7) is 10.3. The van der Waals surface area contributed by atoms with Gasteiger partial charge >= 0.3 is 0 Å². The lowest BCUT2D eigenvalue weighted by molar-refractivity contribution is -0.117. The largest absolute Gasteiger partial charge is 0.325 e. The summed E-state index contributed by atoms with van der Waals surface area (Å²) in [5, 5.41) is 6.17. The van der Waals surface area contributed by atoms with E-state index in [0.29, 0.717) is 13.1 Å². The second-order valence-corrected chi connectivity index (χ2v) is 9.07. The number of nitrogens with one attached hydrogen (secondary N) is 2. The van der Waals surface area contributed by atoms with Gasteiger partial charge in [-0.25, -0.2) is 8.42 Å². The van der Waals surface area contributed by atoms with Crippen molar-refractivity contribution >= 4 is 21.6 Å². The quantitative estimate of drug-likeness (QED) is 0.652. The van der Waals surface area contributed by atoms with E-state index in [-0.39, 0.29) is 16.8 Å². The maximum Gasteiger partial charge on any atom is 0.243 e. The minimum atomic E-state index is -3.47. The molecule has 6 nitrogen and oxygen atoms in total. The Kier molecular flexibility index (Phi) is 7.96. The van der Waals surface area contributed by atoms with E-state index in [4.69, 9.17) is 0 Å². The molecule has 2 atom stereocenters. The molecule has 0 bridgehead atoms. The lowest BCUT2D eigenvalue weighted by Gasteiger charge is -2.21. The molecule has 0 heterocycles. The molecule has 0 aliphatic rings. The fourth-order valence-electron chi connectivity index (χ4n) is 3.16. The Balaban J connectivity index is 2.03. The topological polar surface area (TPSA) is 78.5 Å². The molecule has 7 heteroatoms. The summed E-state index contributed by atoms with van der Waals surface area (Å²) in [6, 6.07) is 14.0. The van der Waals surface area contributed by atoms with Gasteiger partial charge in [-0.05, 0) is 56.2 Å². The van der Waals surface area contributed by atoms with Crippen molar-refractivity contribution in [3.63, 3.8) is 0 Å². The van der Waals surface area contributed by atoms with E-state index in [9.17, 15) is 13.2 Å². The van der Waals surface area contributed by atoms with Crippen LogP contribution in [0, 0.1) is 6.92 Å². The van der Waals surface area contributed by atoms with E-state index >= 15 is 0 Å². The normalized spacial score (nSPS) is 13.9. The summed E-state index contributed by atoms with van der Waals surface area (Å²) >= 11 is 0. The Bertz CT molecular complexity index is 923. The summed E-state index contributed by atoms with van der Waals surface area (Å²) in [6.07, 6.45) is 0. The van der Waals surface area contributed by atoms with E-state index < -0.39 is 16.1 Å². The molecule has 0 aromatic heterocycles. The third-order valence-corrected chi connectivity index (χ3v) is 6.97. The number of carbonyl (C=O) groups is 1. The Hall–Kier alpha value is -2.22. The molecule has 2 aromatic carbocycles. The zero-order valence-corrected chi connectivity index (χ0v) is 18.6. The van der Waals surface area contributed by atoms with Gasteiger partial charge < -0.3 is 5.32 Å². The Morgan fingerprint density at radius 1 is 1.03 bits per heavy atom. The van der Waals surface area contributed by atoms with Crippen molar-refractivity contribution in [3.8, 4) is 0 Å². The zero-order valence-electron chi connectivity index (χ0n) is 17.8. The van der Waals surface area contributed by atoms with Crippen molar-refractivity contribution in [1.82, 2.24) is 9.62 Å². The van der Waals surface area contributed by atoms with E-state index in [1.54, 1.807) is 31.2 Å². The maximum absolute atomic E-state index is 12.6. The fraction of sp³-hybridized carbons (Fsp3) is 0.409. The average Bonchev–Trinajstić information content (AvgIpc) is 2.68. The van der Waals surface area contributed by atoms with Gasteiger partial charge in [0, 0.05) is 24.8 Å². The monoisotopic (exact) mass is 417 g/mol. The van der Waals surface area contributed by atoms with Crippen LogP contribution in [-0.2, 0) is 14.8 Å². The van der Waals surface area contributed by atoms with E-state index in [2.05, 4.69) is 10.6 Å². The third-order valence-electron chi connectivity index (χ3n) is 4.90. The summed E-state index contributed by atoms with van der Waals surface area (Å²) in [7, 11) is -3.47. The molecule has 2 unspecified atom stereocenters. The summed E-state index contributed by atoms with van der Waals surface area (Å²) < 4.78 is 26.6. The first-order valence-electron chi connectivity index (χ1n) is 9.92. The molecule has 1 amide bonds. The molecule has 2 aromatic rings. The molecule has 0 aliphatic carbocycles. The van der Waals surface area contributed by atoms with Crippen LogP contribution in [-0.4, -0.2) is 37.8 Å². The van der Waals surface area contributed by atoms with Gasteiger partial charge in [-0.1, -0.05) is 38.1 Å². The first-order valence-corrected chi connectivity index (χ1v) is 11.4. The van der Waals surface area contributed by atoms with Gasteiger partial charge in [-0.15, -0.1) is 0 Å². The molecule has 29 heavy (non-hydrogen) atoms. The lowest BCUT2D eigenvalue weighted by Crippen LogP contribution is -2.39. The molecule has 0 radical (unpaired) electrons. The second-order valence-electron chi connectivity index (χ2n) is 7.13. The lowest BCUT2D eigenvalue weighted by atomic mass is 10.1. The molecule has 2 N–H and O–H groups in total. The molecular formula is C22H31N3O3S. The number of hydrogen-bond acceptors (Lipinski definition) is 4. The molecule has 0 spiro atoms. The number of carbonyl (C=O) groups excluding carboxylic acids is 1. The van der Waals surface area contributed by atoms with E-state index in [1.807, 2.05) is 52.0 Å². The molecule has 0 fully saturated rings. The smallest absolute Gasteiger partial charge is 0.243 e. The fourth-order valence-corrected chi connectivity index (χ4v) is 4.62. The number of aryl methyl sites for hydroxylation is 1. The van der Waals surface area contributed by atoms with Crippen molar-refractivity contribution in [2.75, 3.05) is 18.4 Å².